The molecule has 0 aliphatic heterocycles. The van der Waals surface area contributed by atoms with Gasteiger partial charge in [-0.2, -0.15) is 0 Å². The number of ether oxygens (including phenoxy) is 1. The van der Waals surface area contributed by atoms with E-state index >= 15 is 0 Å². The molecule has 0 amide bonds. The number of rotatable bonds is 11. The number of carboxylic acids is 1. The lowest BCUT2D eigenvalue weighted by Crippen LogP contribution is -2.12. The van der Waals surface area contributed by atoms with E-state index in [1.54, 1.807) is 34.3 Å². The summed E-state index contributed by atoms with van der Waals surface area (Å²) in [4.78, 5) is 26.5. The van der Waals surface area contributed by atoms with Crippen molar-refractivity contribution in [3.05, 3.63) is 94.2 Å². The number of aliphatic carboxylic acids is 1. The monoisotopic (exact) mass is 522 g/mol. The maximum absolute atomic E-state index is 11.9. The Morgan fingerprint density at radius 3 is 2.39 bits per heavy atom. The van der Waals surface area contributed by atoms with Crippen LogP contribution in [-0.2, 0) is 21.9 Å². The number of esters is 1. The molecular weight excluding hydrogens is 503 g/mol. The van der Waals surface area contributed by atoms with E-state index in [9.17, 15) is 9.59 Å². The number of imidazole rings is 1. The normalized spacial score (nSPS) is 12.1. The molecule has 3 aromatic rings. The van der Waals surface area contributed by atoms with E-state index in [-0.39, 0.29) is 11.3 Å². The van der Waals surface area contributed by atoms with Crippen molar-refractivity contribution in [3.8, 4) is 6.01 Å². The molecule has 2 aromatic carbocycles. The highest BCUT2D eigenvalue weighted by Gasteiger charge is 2.17. The Bertz CT molecular complexity index is 1100. The van der Waals surface area contributed by atoms with Crippen molar-refractivity contribution >= 4 is 58.7 Å². The van der Waals surface area contributed by atoms with Gasteiger partial charge >= 0.3 is 17.9 Å². The number of carbonyl (C=O) groups excluding carboxylic acids is 1. The summed E-state index contributed by atoms with van der Waals surface area (Å²) >= 11 is 15.6. The molecule has 3 rings (SSSR count). The van der Waals surface area contributed by atoms with Gasteiger partial charge in [-0.1, -0.05) is 47.5 Å². The lowest BCUT2D eigenvalue weighted by molar-refractivity contribution is -0.133. The summed E-state index contributed by atoms with van der Waals surface area (Å²) in [5.74, 6) is -1.17. The topological polar surface area (TPSA) is 81.4 Å². The second kappa shape index (κ2) is 12.7. The molecule has 0 spiro atoms. The Kier molecular flexibility index (Phi) is 9.75. The minimum Gasteiger partial charge on any atom is -0.478 e. The van der Waals surface area contributed by atoms with Crippen molar-refractivity contribution in [2.75, 3.05) is 5.08 Å². The molecule has 0 saturated heterocycles. The molecule has 0 radical (unpaired) electrons. The summed E-state index contributed by atoms with van der Waals surface area (Å²) in [6.07, 6.45) is 4.82. The third kappa shape index (κ3) is 8.47. The first-order valence-electron chi connectivity index (χ1n) is 9.74. The highest BCUT2D eigenvalue weighted by molar-refractivity contribution is 8.15. The van der Waals surface area contributed by atoms with Crippen molar-refractivity contribution < 1.29 is 19.4 Å². The lowest BCUT2D eigenvalue weighted by atomic mass is 10.1. The summed E-state index contributed by atoms with van der Waals surface area (Å²) in [7, 11) is 0. The van der Waals surface area contributed by atoms with Gasteiger partial charge in [0.1, 0.15) is 0 Å². The van der Waals surface area contributed by atoms with E-state index in [1.165, 1.54) is 11.8 Å². The zero-order valence-electron chi connectivity index (χ0n) is 17.3. The predicted octanol–water partition coefficient (Wildman–Crippen LogP) is 6.10. The molecule has 1 atom stereocenters. The molecule has 6 nitrogen and oxygen atoms in total. The third-order valence-electron chi connectivity index (χ3n) is 4.37. The van der Waals surface area contributed by atoms with Crippen LogP contribution in [0, 0.1) is 0 Å². The number of halogens is 2. The minimum absolute atomic E-state index is 0.0428. The lowest BCUT2D eigenvalue weighted by Gasteiger charge is -2.19. The van der Waals surface area contributed by atoms with Crippen LogP contribution in [0.4, 0.5) is 0 Å². The molecule has 1 N–H and O–H groups in total. The van der Waals surface area contributed by atoms with Crippen molar-refractivity contribution in [1.82, 2.24) is 9.55 Å². The van der Waals surface area contributed by atoms with Gasteiger partial charge < -0.3 is 9.84 Å². The standard InChI is InChI=1S/C23H20Cl2N2O4S2/c24-18-5-1-16(2-6-18)14-32-15-33-20(17-3-7-19(25)8-4-17)13-27-12-11-26-23(27)31-22(30)10-9-21(28)29/h1-12,20H,13-15H2,(H,28,29)/b10-9+. The number of hydrogen-bond acceptors (Lipinski definition) is 6. The number of nitrogens with zero attached hydrogens (tertiary/aromatic N) is 2. The van der Waals surface area contributed by atoms with Crippen LogP contribution in [-0.4, -0.2) is 31.7 Å². The minimum atomic E-state index is -1.23. The molecule has 0 saturated carbocycles. The molecule has 10 heteroatoms. The van der Waals surface area contributed by atoms with Crippen LogP contribution < -0.4 is 4.74 Å². The number of carboxylic acid groups (broad SMARTS) is 1. The number of benzene rings is 2. The fourth-order valence-corrected chi connectivity index (χ4v) is 5.45. The molecule has 0 aliphatic carbocycles. The van der Waals surface area contributed by atoms with Crippen LogP contribution in [0.1, 0.15) is 16.4 Å². The van der Waals surface area contributed by atoms with Crippen LogP contribution in [0.25, 0.3) is 0 Å². The van der Waals surface area contributed by atoms with Crippen molar-refractivity contribution in [3.63, 3.8) is 0 Å². The van der Waals surface area contributed by atoms with Gasteiger partial charge in [-0.15, -0.1) is 23.5 Å². The highest BCUT2D eigenvalue weighted by Crippen LogP contribution is 2.35. The first-order chi connectivity index (χ1) is 15.9. The van der Waals surface area contributed by atoms with Gasteiger partial charge in [-0.3, -0.25) is 4.57 Å². The zero-order valence-corrected chi connectivity index (χ0v) is 20.4. The molecule has 0 aliphatic rings. The van der Waals surface area contributed by atoms with Gasteiger partial charge in [0.05, 0.1) is 0 Å². The fourth-order valence-electron chi connectivity index (χ4n) is 2.78. The predicted molar refractivity (Wildman–Crippen MR) is 134 cm³/mol. The molecule has 1 aromatic heterocycles. The van der Waals surface area contributed by atoms with Gasteiger partial charge in [0.25, 0.3) is 0 Å². The van der Waals surface area contributed by atoms with Crippen molar-refractivity contribution in [2.24, 2.45) is 0 Å². The quantitative estimate of drug-likeness (QED) is 0.141. The summed E-state index contributed by atoms with van der Waals surface area (Å²) in [6.45, 7) is 0.499. The maximum Gasteiger partial charge on any atom is 0.338 e. The number of carbonyl (C=O) groups is 2. The van der Waals surface area contributed by atoms with E-state index in [0.717, 1.165) is 33.6 Å². The van der Waals surface area contributed by atoms with Gasteiger partial charge in [0, 0.05) is 57.2 Å². The van der Waals surface area contributed by atoms with Gasteiger partial charge in [-0.05, 0) is 35.4 Å². The van der Waals surface area contributed by atoms with Gasteiger partial charge in [-0.25, -0.2) is 14.6 Å². The summed E-state index contributed by atoms with van der Waals surface area (Å²) in [6, 6.07) is 15.5. The highest BCUT2D eigenvalue weighted by atomic mass is 35.5. The average Bonchev–Trinajstić information content (AvgIpc) is 3.22. The Labute approximate surface area is 209 Å². The van der Waals surface area contributed by atoms with E-state index in [4.69, 9.17) is 33.0 Å². The summed E-state index contributed by atoms with van der Waals surface area (Å²) in [5, 5.41) is 10.9. The van der Waals surface area contributed by atoms with Gasteiger partial charge in [0.2, 0.25) is 0 Å². The van der Waals surface area contributed by atoms with Crippen LogP contribution >= 0.6 is 46.7 Å². The largest absolute Gasteiger partial charge is 0.478 e. The van der Waals surface area contributed by atoms with E-state index in [1.807, 2.05) is 48.5 Å². The van der Waals surface area contributed by atoms with E-state index in [0.29, 0.717) is 11.6 Å². The summed E-state index contributed by atoms with van der Waals surface area (Å²) in [5.41, 5.74) is 2.28. The zero-order chi connectivity index (χ0) is 23.6. The molecule has 0 bridgehead atoms. The third-order valence-corrected chi connectivity index (χ3v) is 7.45. The maximum atomic E-state index is 11.9. The average molecular weight is 523 g/mol. The van der Waals surface area contributed by atoms with Crippen LogP contribution in [0.2, 0.25) is 10.0 Å². The van der Waals surface area contributed by atoms with Gasteiger partial charge in [0.15, 0.2) is 0 Å². The SMILES string of the molecule is O=C(O)/C=C/C(=O)Oc1nccn1CC(SCSCc1ccc(Cl)cc1)c1ccc(Cl)cc1. The Morgan fingerprint density at radius 1 is 1.06 bits per heavy atom. The van der Waals surface area contributed by atoms with E-state index < -0.39 is 11.9 Å². The number of hydrogen-bond donors (Lipinski definition) is 1. The Hall–Kier alpha value is -2.39. The van der Waals surface area contributed by atoms with Crippen molar-refractivity contribution in [2.45, 2.75) is 17.5 Å². The molecule has 1 unspecified atom stereocenters. The number of thioether (sulfide) groups is 2. The number of aromatic nitrogens is 2. The molecule has 1 heterocycles. The first-order valence-corrected chi connectivity index (χ1v) is 12.7. The second-order valence-corrected chi connectivity index (χ2v) is 10.2. The Morgan fingerprint density at radius 2 is 1.73 bits per heavy atom. The molecule has 0 fully saturated rings. The Balaban J connectivity index is 1.66. The van der Waals surface area contributed by atoms with Crippen molar-refractivity contribution in [1.29, 1.82) is 0 Å². The van der Waals surface area contributed by atoms with Crippen LogP contribution in [0.3, 0.4) is 0 Å². The second-order valence-electron chi connectivity index (χ2n) is 6.75. The fraction of sp³-hybridized carbons (Fsp3) is 0.174. The molecule has 172 valence electrons. The smallest absolute Gasteiger partial charge is 0.338 e. The first kappa shape index (κ1) is 25.2. The molecular formula is C23H20Cl2N2O4S2. The molecule has 33 heavy (non-hydrogen) atoms. The van der Waals surface area contributed by atoms with Crippen LogP contribution in [0.5, 0.6) is 6.01 Å². The van der Waals surface area contributed by atoms with Crippen LogP contribution in [0.15, 0.2) is 73.1 Å². The summed E-state index contributed by atoms with van der Waals surface area (Å²) < 4.78 is 6.93. The van der Waals surface area contributed by atoms with E-state index in [2.05, 4.69) is 4.98 Å².